The molecule has 3 heterocycles. The van der Waals surface area contributed by atoms with Gasteiger partial charge in [0.1, 0.15) is 11.2 Å². The third kappa shape index (κ3) is 3.08. The van der Waals surface area contributed by atoms with Crippen molar-refractivity contribution in [2.75, 3.05) is 13.7 Å². The number of aliphatic hydroxyl groups is 1. The van der Waals surface area contributed by atoms with Crippen LogP contribution in [-0.4, -0.2) is 34.4 Å². The Morgan fingerprint density at radius 1 is 1.46 bits per heavy atom. The highest BCUT2D eigenvalue weighted by Gasteiger charge is 2.34. The van der Waals surface area contributed by atoms with Gasteiger partial charge >= 0.3 is 0 Å². The van der Waals surface area contributed by atoms with Crippen LogP contribution in [0.15, 0.2) is 40.5 Å². The number of methoxy groups -OCH3 is 1. The molecule has 2 N–H and O–H groups in total. The highest BCUT2D eigenvalue weighted by Crippen LogP contribution is 2.33. The summed E-state index contributed by atoms with van der Waals surface area (Å²) in [6.45, 7) is 0.0567. The van der Waals surface area contributed by atoms with Crippen LogP contribution >= 0.6 is 22.7 Å². The van der Waals surface area contributed by atoms with E-state index in [2.05, 4.69) is 10.4 Å². The molecule has 0 fully saturated rings. The molecule has 24 heavy (non-hydrogen) atoms. The second-order valence-corrected chi connectivity index (χ2v) is 6.99. The summed E-state index contributed by atoms with van der Waals surface area (Å²) in [5.74, 6) is -0.0876. The van der Waals surface area contributed by atoms with E-state index < -0.39 is 5.60 Å². The van der Waals surface area contributed by atoms with Crippen LogP contribution in [0, 0.1) is 0 Å². The number of amides is 1. The van der Waals surface area contributed by atoms with Crippen LogP contribution in [0.2, 0.25) is 0 Å². The topological polar surface area (TPSA) is 76.4 Å². The van der Waals surface area contributed by atoms with Gasteiger partial charge < -0.3 is 15.2 Å². The van der Waals surface area contributed by atoms with E-state index in [1.165, 1.54) is 34.5 Å². The van der Waals surface area contributed by atoms with E-state index in [1.807, 2.05) is 34.3 Å². The zero-order chi connectivity index (χ0) is 17.2. The SMILES string of the molecule is COc1nn(C)cc1C(=O)NCC(O)(c1ccsc1)c1cccs1. The smallest absolute Gasteiger partial charge is 0.258 e. The second-order valence-electron chi connectivity index (χ2n) is 5.26. The van der Waals surface area contributed by atoms with Crippen molar-refractivity contribution in [2.45, 2.75) is 5.60 Å². The minimum atomic E-state index is -1.26. The molecular formula is C16H17N3O3S2. The molecule has 0 bridgehead atoms. The number of carbonyl (C=O) groups is 1. The predicted molar refractivity (Wildman–Crippen MR) is 93.7 cm³/mol. The van der Waals surface area contributed by atoms with Gasteiger partial charge in [0.25, 0.3) is 5.91 Å². The number of hydrogen-bond donors (Lipinski definition) is 2. The zero-order valence-electron chi connectivity index (χ0n) is 13.2. The van der Waals surface area contributed by atoms with Crippen molar-refractivity contribution in [1.29, 1.82) is 0 Å². The van der Waals surface area contributed by atoms with Gasteiger partial charge in [-0.25, -0.2) is 0 Å². The van der Waals surface area contributed by atoms with Crippen molar-refractivity contribution in [1.82, 2.24) is 15.1 Å². The van der Waals surface area contributed by atoms with Crippen LogP contribution in [0.3, 0.4) is 0 Å². The molecule has 0 spiro atoms. The lowest BCUT2D eigenvalue weighted by Crippen LogP contribution is -2.41. The van der Waals surface area contributed by atoms with Gasteiger partial charge in [0.15, 0.2) is 0 Å². The third-order valence-electron chi connectivity index (χ3n) is 3.67. The fraction of sp³-hybridized carbons (Fsp3) is 0.250. The molecule has 1 amide bonds. The fourth-order valence-corrected chi connectivity index (χ4v) is 3.99. The van der Waals surface area contributed by atoms with Crippen LogP contribution in [0.25, 0.3) is 0 Å². The molecule has 0 saturated carbocycles. The Morgan fingerprint density at radius 3 is 2.92 bits per heavy atom. The number of thiophene rings is 2. The lowest BCUT2D eigenvalue weighted by molar-refractivity contribution is 0.0719. The maximum absolute atomic E-state index is 12.5. The lowest BCUT2D eigenvalue weighted by atomic mass is 9.94. The summed E-state index contributed by atoms with van der Waals surface area (Å²) in [4.78, 5) is 13.3. The van der Waals surface area contributed by atoms with Crippen LogP contribution in [0.4, 0.5) is 0 Å². The molecule has 1 atom stereocenters. The van der Waals surface area contributed by atoms with Gasteiger partial charge in [0.2, 0.25) is 5.88 Å². The van der Waals surface area contributed by atoms with Crippen molar-refractivity contribution in [3.05, 3.63) is 56.5 Å². The first-order chi connectivity index (χ1) is 11.5. The van der Waals surface area contributed by atoms with E-state index in [1.54, 1.807) is 13.2 Å². The van der Waals surface area contributed by atoms with Crippen LogP contribution in [0.1, 0.15) is 20.8 Å². The average Bonchev–Trinajstić information content (AvgIpc) is 3.32. The molecule has 3 rings (SSSR count). The summed E-state index contributed by atoms with van der Waals surface area (Å²) in [6, 6.07) is 5.60. The number of aryl methyl sites for hydroxylation is 1. The number of aromatic nitrogens is 2. The monoisotopic (exact) mass is 363 g/mol. The summed E-state index contributed by atoms with van der Waals surface area (Å²) in [6.07, 6.45) is 1.59. The van der Waals surface area contributed by atoms with Crippen molar-refractivity contribution in [2.24, 2.45) is 7.05 Å². The number of carbonyl (C=O) groups excluding carboxylic acids is 1. The van der Waals surface area contributed by atoms with E-state index in [4.69, 9.17) is 4.74 Å². The van der Waals surface area contributed by atoms with E-state index in [9.17, 15) is 9.90 Å². The highest BCUT2D eigenvalue weighted by molar-refractivity contribution is 7.10. The van der Waals surface area contributed by atoms with E-state index in [-0.39, 0.29) is 18.3 Å². The highest BCUT2D eigenvalue weighted by atomic mass is 32.1. The number of nitrogens with one attached hydrogen (secondary N) is 1. The average molecular weight is 363 g/mol. The number of nitrogens with zero attached hydrogens (tertiary/aromatic N) is 2. The Bertz CT molecular complexity index is 776. The van der Waals surface area contributed by atoms with Crippen molar-refractivity contribution in [3.63, 3.8) is 0 Å². The maximum atomic E-state index is 12.5. The van der Waals surface area contributed by atoms with Gasteiger partial charge in [-0.2, -0.15) is 11.3 Å². The van der Waals surface area contributed by atoms with E-state index in [0.717, 1.165) is 10.4 Å². The summed E-state index contributed by atoms with van der Waals surface area (Å²) >= 11 is 2.95. The summed E-state index contributed by atoms with van der Waals surface area (Å²) < 4.78 is 6.62. The predicted octanol–water partition coefficient (Wildman–Crippen LogP) is 2.22. The number of rotatable bonds is 6. The normalized spacial score (nSPS) is 13.5. The largest absolute Gasteiger partial charge is 0.479 e. The fourth-order valence-electron chi connectivity index (χ4n) is 2.42. The number of hydrogen-bond acceptors (Lipinski definition) is 6. The van der Waals surface area contributed by atoms with Crippen molar-refractivity contribution in [3.8, 4) is 5.88 Å². The molecule has 0 saturated heterocycles. The van der Waals surface area contributed by atoms with Gasteiger partial charge in [0, 0.05) is 23.7 Å². The van der Waals surface area contributed by atoms with Gasteiger partial charge in [-0.3, -0.25) is 9.48 Å². The van der Waals surface area contributed by atoms with Crippen LogP contribution in [-0.2, 0) is 12.6 Å². The minimum absolute atomic E-state index is 0.0567. The Hall–Kier alpha value is -2.16. The zero-order valence-corrected chi connectivity index (χ0v) is 14.9. The summed E-state index contributed by atoms with van der Waals surface area (Å²) in [5.41, 5.74) is -0.175. The van der Waals surface area contributed by atoms with E-state index >= 15 is 0 Å². The summed E-state index contributed by atoms with van der Waals surface area (Å²) in [5, 5.41) is 23.8. The quantitative estimate of drug-likeness (QED) is 0.704. The first-order valence-corrected chi connectivity index (χ1v) is 9.01. The molecule has 6 nitrogen and oxygen atoms in total. The Balaban J connectivity index is 1.83. The van der Waals surface area contributed by atoms with Crippen molar-refractivity contribution >= 4 is 28.6 Å². The molecule has 3 aromatic rings. The summed E-state index contributed by atoms with van der Waals surface area (Å²) in [7, 11) is 3.18. The Kier molecular flexibility index (Phi) is 4.70. The van der Waals surface area contributed by atoms with Crippen molar-refractivity contribution < 1.29 is 14.6 Å². The first-order valence-electron chi connectivity index (χ1n) is 7.19. The van der Waals surface area contributed by atoms with Gasteiger partial charge in [0.05, 0.1) is 13.7 Å². The molecule has 3 aromatic heterocycles. The van der Waals surface area contributed by atoms with Crippen LogP contribution in [0.5, 0.6) is 5.88 Å². The molecule has 0 aliphatic heterocycles. The molecule has 8 heteroatoms. The molecule has 0 aliphatic carbocycles. The molecule has 0 radical (unpaired) electrons. The minimum Gasteiger partial charge on any atom is -0.479 e. The molecule has 0 aliphatic rings. The van der Waals surface area contributed by atoms with E-state index in [0.29, 0.717) is 5.56 Å². The Labute approximate surface area is 147 Å². The molecule has 0 aromatic carbocycles. The molecular weight excluding hydrogens is 346 g/mol. The number of ether oxygens (including phenoxy) is 1. The Morgan fingerprint density at radius 2 is 2.29 bits per heavy atom. The first kappa shape index (κ1) is 16.7. The third-order valence-corrected chi connectivity index (χ3v) is 5.37. The van der Waals surface area contributed by atoms with Crippen LogP contribution < -0.4 is 10.1 Å². The standard InChI is InChI=1S/C16H17N3O3S2/c1-19-8-12(15(18-19)22-2)14(20)17-10-16(21,11-5-7-23-9-11)13-4-3-6-24-13/h3-9,21H,10H2,1-2H3,(H,17,20). The van der Waals surface area contributed by atoms with Gasteiger partial charge in [-0.15, -0.1) is 16.4 Å². The second kappa shape index (κ2) is 6.76. The maximum Gasteiger partial charge on any atom is 0.258 e. The van der Waals surface area contributed by atoms with Gasteiger partial charge in [-0.1, -0.05) is 6.07 Å². The lowest BCUT2D eigenvalue weighted by Gasteiger charge is -2.26. The molecule has 1 unspecified atom stereocenters. The molecule has 126 valence electrons. The van der Waals surface area contributed by atoms with Gasteiger partial charge in [-0.05, 0) is 28.3 Å².